The fourth-order valence-electron chi connectivity index (χ4n) is 3.56. The molecule has 0 bridgehead atoms. The number of ether oxygens (including phenoxy) is 2. The third-order valence-electron chi connectivity index (χ3n) is 5.17. The molecule has 1 fully saturated rings. The van der Waals surface area contributed by atoms with E-state index >= 15 is 0 Å². The first-order valence-corrected chi connectivity index (χ1v) is 11.4. The highest BCUT2D eigenvalue weighted by atomic mass is 32.2. The number of carbonyl (C=O) groups is 2. The normalized spacial score (nSPS) is 15.9. The molecule has 0 amide bonds. The van der Waals surface area contributed by atoms with Gasteiger partial charge in [-0.2, -0.15) is 21.6 Å². The molecule has 170 valence electrons. The van der Waals surface area contributed by atoms with Gasteiger partial charge in [0.15, 0.2) is 0 Å². The lowest BCUT2D eigenvalue weighted by Crippen LogP contribution is -2.42. The van der Waals surface area contributed by atoms with E-state index in [9.17, 15) is 31.2 Å². The van der Waals surface area contributed by atoms with E-state index in [0.29, 0.717) is 12.8 Å². The third kappa shape index (κ3) is 6.59. The van der Waals surface area contributed by atoms with Gasteiger partial charge in [0.2, 0.25) is 6.10 Å². The van der Waals surface area contributed by atoms with Gasteiger partial charge in [-0.05, 0) is 31.2 Å². The summed E-state index contributed by atoms with van der Waals surface area (Å²) >= 11 is 0. The summed E-state index contributed by atoms with van der Waals surface area (Å²) in [6, 6.07) is 0. The molecule has 1 aliphatic rings. The van der Waals surface area contributed by atoms with Crippen LogP contribution in [0.1, 0.15) is 57.5 Å². The Morgan fingerprint density at radius 2 is 1.55 bits per heavy atom. The zero-order chi connectivity index (χ0) is 25.1. The van der Waals surface area contributed by atoms with Crippen LogP contribution in [0.2, 0.25) is 0 Å². The first kappa shape index (κ1) is 27.4. The minimum Gasteiger partial charge on any atom is -0.459 e. The molecule has 1 atom stereocenters. The molecular weight excluding hydrogens is 461 g/mol. The van der Waals surface area contributed by atoms with Crippen LogP contribution in [0, 0.1) is 0 Å². The quantitative estimate of drug-likeness (QED) is 0.311. The van der Waals surface area contributed by atoms with E-state index in [4.69, 9.17) is 40.7 Å². The Hall–Kier alpha value is -1.88. The molecule has 1 aliphatic carbocycles. The third-order valence-corrected chi connectivity index (χ3v) is 5.89. The standard InChI is InChI=1S/C18H17B4F3O7S/c19-5-9-12(16(26)32-11(18(23,24)25)7-33(28,29)30)13(15(22)10(6-20)14(9)21)17(27)31-8-3-1-2-4-8/h8,11H,1-7H2,(H,28,29,30). The summed E-state index contributed by atoms with van der Waals surface area (Å²) in [4.78, 5) is 25.7. The Morgan fingerprint density at radius 3 is 2.00 bits per heavy atom. The van der Waals surface area contributed by atoms with Gasteiger partial charge in [0.05, 0.1) is 26.8 Å². The Balaban J connectivity index is 2.62. The van der Waals surface area contributed by atoms with Gasteiger partial charge in [-0.1, -0.05) is 29.1 Å². The summed E-state index contributed by atoms with van der Waals surface area (Å²) in [5.41, 5.74) is -2.32. The largest absolute Gasteiger partial charge is 0.459 e. The molecule has 8 radical (unpaired) electrons. The van der Waals surface area contributed by atoms with Crippen molar-refractivity contribution in [2.45, 2.75) is 56.7 Å². The second kappa shape index (κ2) is 10.6. The Morgan fingerprint density at radius 1 is 1.00 bits per heavy atom. The van der Waals surface area contributed by atoms with Crippen LogP contribution in [0.5, 0.6) is 0 Å². The maximum absolute atomic E-state index is 13.3. The molecule has 0 aromatic heterocycles. The summed E-state index contributed by atoms with van der Waals surface area (Å²) in [5.74, 6) is -4.86. The van der Waals surface area contributed by atoms with Gasteiger partial charge in [-0.25, -0.2) is 9.59 Å². The van der Waals surface area contributed by atoms with Gasteiger partial charge in [-0.3, -0.25) is 4.55 Å². The van der Waals surface area contributed by atoms with Crippen LogP contribution < -0.4 is 10.9 Å². The smallest absolute Gasteiger partial charge is 0.426 e. The van der Waals surface area contributed by atoms with Crippen molar-refractivity contribution in [1.82, 2.24) is 0 Å². The van der Waals surface area contributed by atoms with E-state index in [-0.39, 0.29) is 22.9 Å². The van der Waals surface area contributed by atoms with Crippen LogP contribution in [-0.2, 0) is 32.2 Å². The van der Waals surface area contributed by atoms with E-state index in [0.717, 1.165) is 12.8 Å². The lowest BCUT2D eigenvalue weighted by Gasteiger charge is -2.25. The van der Waals surface area contributed by atoms with Crippen molar-refractivity contribution in [3.63, 3.8) is 0 Å². The number of hydrogen-bond acceptors (Lipinski definition) is 6. The number of esters is 2. The van der Waals surface area contributed by atoms with Gasteiger partial charge < -0.3 is 9.47 Å². The number of alkyl halides is 3. The summed E-state index contributed by atoms with van der Waals surface area (Å²) in [6.07, 6.45) is -7.28. The summed E-state index contributed by atoms with van der Waals surface area (Å²) in [6.45, 7) is 0. The molecule has 2 rings (SSSR count). The maximum Gasteiger partial charge on any atom is 0.426 e. The van der Waals surface area contributed by atoms with Crippen molar-refractivity contribution in [3.8, 4) is 0 Å². The lowest BCUT2D eigenvalue weighted by molar-refractivity contribution is -0.197. The Kier molecular flexibility index (Phi) is 8.78. The number of benzene rings is 1. The van der Waals surface area contributed by atoms with Crippen LogP contribution in [0.25, 0.3) is 0 Å². The Labute approximate surface area is 194 Å². The van der Waals surface area contributed by atoms with Gasteiger partial charge in [-0.15, -0.1) is 0 Å². The predicted molar refractivity (Wildman–Crippen MR) is 115 cm³/mol. The molecule has 1 saturated carbocycles. The van der Waals surface area contributed by atoms with Crippen LogP contribution in [0.3, 0.4) is 0 Å². The topological polar surface area (TPSA) is 107 Å². The van der Waals surface area contributed by atoms with Crippen LogP contribution in [0.4, 0.5) is 13.2 Å². The van der Waals surface area contributed by atoms with Gasteiger partial charge in [0.1, 0.15) is 27.5 Å². The van der Waals surface area contributed by atoms with Crippen molar-refractivity contribution in [2.24, 2.45) is 0 Å². The van der Waals surface area contributed by atoms with Gasteiger partial charge >= 0.3 is 18.1 Å². The monoisotopic (exact) mass is 478 g/mol. The number of carbonyl (C=O) groups excluding carboxylic acids is 2. The minimum absolute atomic E-state index is 0.0238. The predicted octanol–water partition coefficient (Wildman–Crippen LogP) is -0.314. The molecule has 1 unspecified atom stereocenters. The van der Waals surface area contributed by atoms with E-state index in [1.54, 1.807) is 0 Å². The molecule has 7 nitrogen and oxygen atoms in total. The molecule has 1 aromatic carbocycles. The van der Waals surface area contributed by atoms with E-state index in [2.05, 4.69) is 4.74 Å². The molecule has 0 aliphatic heterocycles. The highest BCUT2D eigenvalue weighted by Crippen LogP contribution is 2.28. The molecule has 0 saturated heterocycles. The first-order valence-electron chi connectivity index (χ1n) is 9.77. The number of hydrogen-bond donors (Lipinski definition) is 1. The highest BCUT2D eigenvalue weighted by Gasteiger charge is 2.46. The van der Waals surface area contributed by atoms with E-state index < -0.39 is 69.1 Å². The van der Waals surface area contributed by atoms with Gasteiger partial charge in [0.25, 0.3) is 10.1 Å². The molecule has 33 heavy (non-hydrogen) atoms. The van der Waals surface area contributed by atoms with Crippen molar-refractivity contribution in [2.75, 3.05) is 5.75 Å². The summed E-state index contributed by atoms with van der Waals surface area (Å²) in [7, 11) is 18.0. The van der Waals surface area contributed by atoms with E-state index in [1.165, 1.54) is 0 Å². The zero-order valence-corrected chi connectivity index (χ0v) is 18.2. The average molecular weight is 478 g/mol. The molecule has 15 heteroatoms. The summed E-state index contributed by atoms with van der Waals surface area (Å²) in [5, 5.41) is 0. The van der Waals surface area contributed by atoms with Crippen LogP contribution in [0.15, 0.2) is 0 Å². The summed E-state index contributed by atoms with van der Waals surface area (Å²) < 4.78 is 80.4. The molecular formula is C18H17B4F3O7S. The van der Waals surface area contributed by atoms with Crippen LogP contribution >= 0.6 is 0 Å². The second-order valence-corrected chi connectivity index (χ2v) is 8.94. The molecule has 0 spiro atoms. The maximum atomic E-state index is 13.3. The van der Waals surface area contributed by atoms with Crippen molar-refractivity contribution in [1.29, 1.82) is 0 Å². The van der Waals surface area contributed by atoms with Gasteiger partial charge in [0, 0.05) is 0 Å². The SMILES string of the molecule is [B]Cc1c([B])c(C[B])c(C(=O)OC(CS(=O)(=O)O)C(F)(F)F)c(C(=O)OC2CCCC2)c1[B]. The van der Waals surface area contributed by atoms with Crippen molar-refractivity contribution in [3.05, 3.63) is 22.3 Å². The average Bonchev–Trinajstić information content (AvgIpc) is 3.18. The minimum atomic E-state index is -5.37. The number of rotatable bonds is 8. The Bertz CT molecular complexity index is 1030. The second-order valence-electron chi connectivity index (χ2n) is 7.44. The molecule has 1 N–H and O–H groups in total. The van der Waals surface area contributed by atoms with Crippen molar-refractivity contribution >= 4 is 64.4 Å². The van der Waals surface area contributed by atoms with Crippen LogP contribution in [-0.4, -0.2) is 80.4 Å². The first-order chi connectivity index (χ1) is 15.2. The van der Waals surface area contributed by atoms with E-state index in [1.807, 2.05) is 0 Å². The lowest BCUT2D eigenvalue weighted by atomic mass is 9.68. The molecule has 1 aromatic rings. The zero-order valence-electron chi connectivity index (χ0n) is 17.4. The van der Waals surface area contributed by atoms with Crippen molar-refractivity contribution < 1.29 is 45.2 Å². The highest BCUT2D eigenvalue weighted by molar-refractivity contribution is 7.85. The molecule has 0 heterocycles. The fourth-order valence-corrected chi connectivity index (χ4v) is 4.20. The number of halogens is 3. The fraction of sp³-hybridized carbons (Fsp3) is 0.556.